The van der Waals surface area contributed by atoms with E-state index in [1.807, 2.05) is 0 Å². The summed E-state index contributed by atoms with van der Waals surface area (Å²) >= 11 is 0. The molecule has 0 aromatic carbocycles. The molecule has 14 heteroatoms. The maximum absolute atomic E-state index is 3.38. The fraction of sp³-hybridized carbons (Fsp3) is 1.00. The van der Waals surface area contributed by atoms with Gasteiger partial charge in [0.1, 0.15) is 0 Å². The van der Waals surface area contributed by atoms with Crippen molar-refractivity contribution in [1.29, 1.82) is 0 Å². The van der Waals surface area contributed by atoms with Crippen LogP contribution in [0.5, 0.6) is 0 Å². The number of nitrogens with zero attached hydrogens (tertiary/aromatic N) is 12. The molecule has 6 bridgehead atoms. The summed E-state index contributed by atoms with van der Waals surface area (Å²) in [5, 5.41) is 6.72. The number of fused-ring (bicyclic) bond motifs is 9. The number of likely N-dealkylation sites (tertiary alicyclic amines) is 9. The van der Waals surface area contributed by atoms with Crippen molar-refractivity contribution >= 4 is 0 Å². The predicted molar refractivity (Wildman–Crippen MR) is 570 cm³/mol. The summed E-state index contributed by atoms with van der Waals surface area (Å²) in [6.07, 6.45) is 58.5. The van der Waals surface area contributed by atoms with Gasteiger partial charge in [-0.25, -0.2) is 0 Å². The van der Waals surface area contributed by atoms with Gasteiger partial charge in [-0.3, -0.25) is 4.90 Å². The van der Waals surface area contributed by atoms with Crippen molar-refractivity contribution in [3.8, 4) is 0 Å². The highest BCUT2D eigenvalue weighted by Gasteiger charge is 2.37. The molecule has 21 aliphatic rings. The molecule has 0 aromatic heterocycles. The van der Waals surface area contributed by atoms with Crippen molar-refractivity contribution in [3.63, 3.8) is 0 Å². The number of piperidine rings is 13. The van der Waals surface area contributed by atoms with Gasteiger partial charge in [0.15, 0.2) is 0 Å². The highest BCUT2D eigenvalue weighted by atomic mass is 15.2. The first-order valence-corrected chi connectivity index (χ1v) is 56.5. The number of nitrogens with one attached hydrogen (secondary N) is 2. The highest BCUT2D eigenvalue weighted by molar-refractivity contribution is 4.91. The van der Waals surface area contributed by atoms with E-state index in [-0.39, 0.29) is 0 Å². The summed E-state index contributed by atoms with van der Waals surface area (Å²) in [5.41, 5.74) is 2.42. The van der Waals surface area contributed by atoms with Gasteiger partial charge in [0.25, 0.3) is 0 Å². The maximum Gasteiger partial charge on any atom is 0.0150 e. The maximum atomic E-state index is 3.38. The van der Waals surface area contributed by atoms with E-state index in [1.165, 1.54) is 414 Å². The Kier molecular flexibility index (Phi) is 61.9. The number of hydrogen-bond donors (Lipinski definition) is 2. The van der Waals surface area contributed by atoms with Crippen LogP contribution in [0.4, 0.5) is 0 Å². The molecule has 19 aliphatic heterocycles. The Morgan fingerprint density at radius 2 is 0.695 bits per heavy atom. The Labute approximate surface area is 804 Å². The average molecular weight is 1800 g/mol. The fourth-order valence-electron chi connectivity index (χ4n) is 22.7. The second kappa shape index (κ2) is 66.1. The Hall–Kier alpha value is -0.560. The number of hydrogen-bond acceptors (Lipinski definition) is 14. The summed E-state index contributed by atoms with van der Waals surface area (Å²) in [5.74, 6) is 8.10. The van der Waals surface area contributed by atoms with Gasteiger partial charge in [0.05, 0.1) is 0 Å². The van der Waals surface area contributed by atoms with Crippen LogP contribution in [0.2, 0.25) is 0 Å². The molecule has 2 aliphatic carbocycles. The first kappa shape index (κ1) is 120. The summed E-state index contributed by atoms with van der Waals surface area (Å²) in [7, 11) is 17.6. The summed E-state index contributed by atoms with van der Waals surface area (Å²) in [6, 6.07) is 6.77. The van der Waals surface area contributed by atoms with Crippen LogP contribution in [-0.4, -0.2) is 320 Å². The quantitative estimate of drug-likeness (QED) is 0.262. The molecule has 19 saturated heterocycles. The van der Waals surface area contributed by atoms with E-state index >= 15 is 0 Å². The van der Waals surface area contributed by atoms with Crippen LogP contribution in [0.3, 0.4) is 0 Å². The van der Waals surface area contributed by atoms with Crippen LogP contribution in [-0.2, 0) is 0 Å². The molecule has 21 fully saturated rings. The standard InChI is InChI=1S/C9H17N.C8H15N.3C8H17N.C7H13N.5C7H15N.C7H14.3C6H13N.C6H12/c1-8-2-3-9-4-6-10(8)7-5-9;1-7-6-8-2-4-9(7)5-3-8;2*1-8(2)4-6-9(3)7-5-8;1-7(2)9-6-4-5-8(9)3;1-6-7-2-4-8(6)5-3-7;1-7(2)5-4-6-8(7)3;2*1-7-3-5-8(2)6-4-7;1-7-4-3-5-8(2)6-7;1-7-5-3-4-6-8(7)2;1-7(2)5-3-4-6-7;1-6-4-3-5-7(6)2;1-6-3-2-4-7-5-6;1-6-4-2-3-5-7-6;1-6-4-2-3-5-6/h8-9H,2-7H2,1H3;7-8H,2-6H2,1H3;2*4-7H2,1-3H3;7-8H,4-6H2,1-3H3;6-7H,2-5H2,1H3;4-6H2,1-3H3;4*7H,3-6H2,1-2H3;3-6H2,1-2H3;6H,3-5H2,1-2H3;2*6-7H,2-5H2,1H3;6H,2-5H2,1H3/t8-;7-;;;8-;6-;;;;7-;;;2*6-;;/m00..00...0..00../s1. The highest BCUT2D eigenvalue weighted by Crippen LogP contribution is 2.38. The van der Waals surface area contributed by atoms with E-state index in [0.717, 1.165) is 95.7 Å². The second-order valence-corrected chi connectivity index (χ2v) is 50.0. The molecule has 21 rings (SSSR count). The molecule has 0 spiro atoms. The van der Waals surface area contributed by atoms with Crippen molar-refractivity contribution in [2.45, 2.75) is 469 Å². The minimum atomic E-state index is 0.486. The molecule has 0 aromatic rings. The molecule has 2 N–H and O–H groups in total. The minimum absolute atomic E-state index is 0.486. The van der Waals surface area contributed by atoms with Crippen LogP contribution in [0.25, 0.3) is 0 Å². The molecule has 128 heavy (non-hydrogen) atoms. The predicted octanol–water partition coefficient (Wildman–Crippen LogP) is 24.9. The Morgan fingerprint density at radius 1 is 0.273 bits per heavy atom. The van der Waals surface area contributed by atoms with Gasteiger partial charge in [-0.2, -0.15) is 0 Å². The van der Waals surface area contributed by atoms with Crippen LogP contribution in [0.1, 0.15) is 416 Å². The van der Waals surface area contributed by atoms with Crippen LogP contribution in [0, 0.1) is 63.6 Å². The van der Waals surface area contributed by atoms with Crippen LogP contribution < -0.4 is 10.6 Å². The molecule has 762 valence electrons. The van der Waals surface area contributed by atoms with Gasteiger partial charge in [-0.1, -0.05) is 128 Å². The molecular formula is C114H236N14. The largest absolute Gasteiger partial charge is 0.316 e. The van der Waals surface area contributed by atoms with Crippen molar-refractivity contribution in [2.75, 3.05) is 207 Å². The van der Waals surface area contributed by atoms with Crippen LogP contribution in [0.15, 0.2) is 0 Å². The molecule has 0 radical (unpaired) electrons. The fourth-order valence-corrected chi connectivity index (χ4v) is 22.7. The summed E-state index contributed by atoms with van der Waals surface area (Å²) in [6.45, 7) is 81.5. The monoisotopic (exact) mass is 1800 g/mol. The van der Waals surface area contributed by atoms with Crippen molar-refractivity contribution in [2.24, 2.45) is 63.6 Å². The Morgan fingerprint density at radius 3 is 0.945 bits per heavy atom. The first-order valence-electron chi connectivity index (χ1n) is 56.5. The lowest BCUT2D eigenvalue weighted by Crippen LogP contribution is -2.46. The lowest BCUT2D eigenvalue weighted by molar-refractivity contribution is 0.0594. The topological polar surface area (TPSA) is 62.9 Å². The van der Waals surface area contributed by atoms with E-state index in [0.29, 0.717) is 21.8 Å². The Balaban J connectivity index is 0.000000286. The van der Waals surface area contributed by atoms with E-state index in [2.05, 4.69) is 278 Å². The zero-order chi connectivity index (χ0) is 94.8. The third-order valence-corrected chi connectivity index (χ3v) is 34.9. The van der Waals surface area contributed by atoms with E-state index in [4.69, 9.17) is 0 Å². The third kappa shape index (κ3) is 54.7. The second-order valence-electron chi connectivity index (χ2n) is 50.0. The first-order chi connectivity index (χ1) is 60.5. The SMILES string of the molecule is CC(C)N1CCC[C@@H]1C.CC1(C)CCCC1.CC1CCCC1.CC1CCCCN1.CC1CCCCN1C.CC1CCN(C)CC1.CC1CCN(C)CC1.CN1CCC(C)(C)CC1.CN1CCC(C)(C)CC1.CN1CCCC1(C)C.C[C@H]1C2CCN1CC2.C[C@H]1CC2CCN1CC2.C[C@H]1CCC2CCN1CC2.C[C@H]1CCCN(C)C1.C[C@H]1CCCN1C.C[C@H]1CCCNC1. The van der Waals surface area contributed by atoms with Crippen molar-refractivity contribution < 1.29 is 0 Å². The van der Waals surface area contributed by atoms with Gasteiger partial charge in [-0.05, 0) is 552 Å². The molecule has 0 amide bonds. The normalized spacial score (nSPS) is 34.0. The van der Waals surface area contributed by atoms with Crippen LogP contribution >= 0.6 is 0 Å². The zero-order valence-electron chi connectivity index (χ0n) is 92.9. The molecule has 14 nitrogen and oxygen atoms in total. The Bertz CT molecular complexity index is 2430. The van der Waals surface area contributed by atoms with Gasteiger partial charge in [-0.15, -0.1) is 0 Å². The van der Waals surface area contributed by atoms with Gasteiger partial charge >= 0.3 is 0 Å². The summed E-state index contributed by atoms with van der Waals surface area (Å²) < 4.78 is 0. The van der Waals surface area contributed by atoms with E-state index in [1.54, 1.807) is 0 Å². The third-order valence-electron chi connectivity index (χ3n) is 34.9. The minimum Gasteiger partial charge on any atom is -0.316 e. The van der Waals surface area contributed by atoms with Gasteiger partial charge in [0.2, 0.25) is 0 Å². The number of rotatable bonds is 1. The van der Waals surface area contributed by atoms with Crippen molar-refractivity contribution in [3.05, 3.63) is 0 Å². The van der Waals surface area contributed by atoms with E-state index in [9.17, 15) is 0 Å². The molecular weight excluding hydrogens is 1570 g/mol. The van der Waals surface area contributed by atoms with Gasteiger partial charge in [0, 0.05) is 60.4 Å². The molecule has 2 saturated carbocycles. The van der Waals surface area contributed by atoms with E-state index < -0.39 is 0 Å². The van der Waals surface area contributed by atoms with Crippen molar-refractivity contribution in [1.82, 2.24) is 69.4 Å². The zero-order valence-corrected chi connectivity index (χ0v) is 92.9. The molecule has 9 atom stereocenters. The lowest BCUT2D eigenvalue weighted by Gasteiger charge is -2.43. The average Bonchev–Trinajstić information content (AvgIpc) is 1.67. The smallest absolute Gasteiger partial charge is 0.0150 e. The molecule has 19 heterocycles. The van der Waals surface area contributed by atoms with Gasteiger partial charge < -0.3 is 64.5 Å². The summed E-state index contributed by atoms with van der Waals surface area (Å²) in [4.78, 5) is 29.7. The lowest BCUT2D eigenvalue weighted by atomic mass is 9.83. The molecule has 2 unspecified atom stereocenters.